The largest absolute Gasteiger partial charge is 0.497 e. The number of nitrogens with zero attached hydrogens (tertiary/aromatic N) is 2. The summed E-state index contributed by atoms with van der Waals surface area (Å²) in [5, 5.41) is 7.06. The van der Waals surface area contributed by atoms with Gasteiger partial charge in [-0.3, -0.25) is 4.99 Å². The van der Waals surface area contributed by atoms with Crippen LogP contribution >= 0.6 is 24.0 Å². The van der Waals surface area contributed by atoms with Crippen molar-refractivity contribution in [2.45, 2.75) is 44.2 Å². The molecule has 0 spiro atoms. The lowest BCUT2D eigenvalue weighted by molar-refractivity contribution is 0.296. The van der Waals surface area contributed by atoms with Gasteiger partial charge in [0.2, 0.25) is 0 Å². The second-order valence-electron chi connectivity index (χ2n) is 6.69. The fourth-order valence-electron chi connectivity index (χ4n) is 3.28. The molecule has 1 atom stereocenters. The van der Waals surface area contributed by atoms with E-state index in [1.807, 2.05) is 19.2 Å². The lowest BCUT2D eigenvalue weighted by atomic mass is 9.96. The Kier molecular flexibility index (Phi) is 10.2. The van der Waals surface area contributed by atoms with Crippen molar-refractivity contribution < 1.29 is 4.74 Å². The van der Waals surface area contributed by atoms with Crippen LogP contribution in [0.2, 0.25) is 0 Å². The summed E-state index contributed by atoms with van der Waals surface area (Å²) in [6, 6.07) is 9.08. The molecule has 0 amide bonds. The molecule has 142 valence electrons. The smallest absolute Gasteiger partial charge is 0.191 e. The lowest BCUT2D eigenvalue weighted by Gasteiger charge is -2.28. The molecule has 0 aliphatic heterocycles. The highest BCUT2D eigenvalue weighted by atomic mass is 127. The Labute approximate surface area is 169 Å². The van der Waals surface area contributed by atoms with Crippen LogP contribution in [0.4, 0.5) is 0 Å². The number of guanidine groups is 1. The first-order valence-electron chi connectivity index (χ1n) is 8.91. The highest BCUT2D eigenvalue weighted by Crippen LogP contribution is 2.22. The molecular weight excluding hydrogens is 427 g/mol. The molecule has 0 heterocycles. The van der Waals surface area contributed by atoms with Crippen molar-refractivity contribution in [2.75, 3.05) is 34.8 Å². The van der Waals surface area contributed by atoms with Crippen LogP contribution in [-0.2, 0) is 0 Å². The molecule has 0 saturated heterocycles. The number of likely N-dealkylation sites (N-methyl/N-ethyl adjacent to an activating group) is 1. The van der Waals surface area contributed by atoms with Gasteiger partial charge in [-0.25, -0.2) is 0 Å². The van der Waals surface area contributed by atoms with Crippen LogP contribution in [0.5, 0.6) is 5.75 Å². The van der Waals surface area contributed by atoms with Crippen molar-refractivity contribution >= 4 is 29.9 Å². The van der Waals surface area contributed by atoms with Crippen LogP contribution in [0.1, 0.15) is 43.7 Å². The van der Waals surface area contributed by atoms with Crippen molar-refractivity contribution in [2.24, 2.45) is 4.99 Å². The molecule has 2 N–H and O–H groups in total. The van der Waals surface area contributed by atoms with E-state index in [1.165, 1.54) is 37.7 Å². The minimum atomic E-state index is 0. The molecule has 5 nitrogen and oxygen atoms in total. The number of aliphatic imine (C=N–C) groups is 1. The van der Waals surface area contributed by atoms with Crippen LogP contribution in [0.25, 0.3) is 0 Å². The van der Waals surface area contributed by atoms with Crippen molar-refractivity contribution in [1.82, 2.24) is 15.5 Å². The quantitative estimate of drug-likeness (QED) is 0.388. The second-order valence-corrected chi connectivity index (χ2v) is 6.69. The number of halogens is 1. The molecule has 1 aromatic carbocycles. The number of hydrogen-bond donors (Lipinski definition) is 2. The Balaban J connectivity index is 0.00000312. The van der Waals surface area contributed by atoms with Gasteiger partial charge in [-0.15, -0.1) is 24.0 Å². The summed E-state index contributed by atoms with van der Waals surface area (Å²) >= 11 is 0. The summed E-state index contributed by atoms with van der Waals surface area (Å²) in [7, 11) is 7.75. The fourth-order valence-corrected chi connectivity index (χ4v) is 3.28. The maximum Gasteiger partial charge on any atom is 0.191 e. The molecular formula is C19H33IN4O. The van der Waals surface area contributed by atoms with Gasteiger partial charge in [0.25, 0.3) is 0 Å². The van der Waals surface area contributed by atoms with E-state index in [1.54, 1.807) is 7.11 Å². The van der Waals surface area contributed by atoms with Gasteiger partial charge in [0.15, 0.2) is 5.96 Å². The molecule has 1 aliphatic rings. The third-order valence-electron chi connectivity index (χ3n) is 4.73. The van der Waals surface area contributed by atoms with E-state index in [9.17, 15) is 0 Å². The number of methoxy groups -OCH3 is 1. The topological polar surface area (TPSA) is 48.9 Å². The summed E-state index contributed by atoms with van der Waals surface area (Å²) in [5.74, 6) is 1.79. The molecule has 6 heteroatoms. The van der Waals surface area contributed by atoms with Crippen LogP contribution < -0.4 is 15.4 Å². The first-order chi connectivity index (χ1) is 11.6. The molecule has 1 unspecified atom stereocenters. The average molecular weight is 460 g/mol. The molecule has 1 aliphatic carbocycles. The van der Waals surface area contributed by atoms with Crippen LogP contribution in [-0.4, -0.2) is 51.7 Å². The molecule has 1 saturated carbocycles. The maximum absolute atomic E-state index is 5.36. The predicted molar refractivity (Wildman–Crippen MR) is 116 cm³/mol. The van der Waals surface area contributed by atoms with Gasteiger partial charge in [0.1, 0.15) is 5.75 Å². The lowest BCUT2D eigenvalue weighted by Crippen LogP contribution is -2.46. The Morgan fingerprint density at radius 3 is 2.60 bits per heavy atom. The first kappa shape index (κ1) is 22.0. The predicted octanol–water partition coefficient (Wildman–Crippen LogP) is 3.41. The highest BCUT2D eigenvalue weighted by Gasteiger charge is 2.18. The minimum absolute atomic E-state index is 0. The molecule has 0 radical (unpaired) electrons. The summed E-state index contributed by atoms with van der Waals surface area (Å²) in [5.41, 5.74) is 1.24. The summed E-state index contributed by atoms with van der Waals surface area (Å²) in [6.07, 6.45) is 6.49. The summed E-state index contributed by atoms with van der Waals surface area (Å²) in [6.45, 7) is 0.798. The molecule has 0 aromatic heterocycles. The summed E-state index contributed by atoms with van der Waals surface area (Å²) in [4.78, 5) is 6.61. The van der Waals surface area contributed by atoms with Gasteiger partial charge < -0.3 is 20.3 Å². The second kappa shape index (κ2) is 11.6. The van der Waals surface area contributed by atoms with Crippen LogP contribution in [0.15, 0.2) is 29.3 Å². The van der Waals surface area contributed by atoms with E-state index in [2.05, 4.69) is 46.8 Å². The Bertz CT molecular complexity index is 530. The first-order valence-corrected chi connectivity index (χ1v) is 8.91. The van der Waals surface area contributed by atoms with Crippen molar-refractivity contribution in [3.05, 3.63) is 29.8 Å². The minimum Gasteiger partial charge on any atom is -0.497 e. The SMILES string of the molecule is CN=C(NCC(c1cccc(OC)c1)N(C)C)NC1CCCCC1.I. The van der Waals surface area contributed by atoms with E-state index in [0.29, 0.717) is 6.04 Å². The van der Waals surface area contributed by atoms with Crippen LogP contribution in [0.3, 0.4) is 0 Å². The summed E-state index contributed by atoms with van der Waals surface area (Å²) < 4.78 is 5.36. The van der Waals surface area contributed by atoms with Crippen molar-refractivity contribution in [1.29, 1.82) is 0 Å². The Morgan fingerprint density at radius 2 is 2.00 bits per heavy atom. The van der Waals surface area contributed by atoms with E-state index in [-0.39, 0.29) is 30.0 Å². The van der Waals surface area contributed by atoms with E-state index in [4.69, 9.17) is 4.74 Å². The Morgan fingerprint density at radius 1 is 1.28 bits per heavy atom. The number of benzene rings is 1. The van der Waals surface area contributed by atoms with E-state index < -0.39 is 0 Å². The van der Waals surface area contributed by atoms with Gasteiger partial charge in [-0.2, -0.15) is 0 Å². The fraction of sp³-hybridized carbons (Fsp3) is 0.632. The zero-order chi connectivity index (χ0) is 17.4. The molecule has 1 aromatic rings. The van der Waals surface area contributed by atoms with Gasteiger partial charge in [-0.05, 0) is 44.6 Å². The van der Waals surface area contributed by atoms with Crippen molar-refractivity contribution in [3.63, 3.8) is 0 Å². The van der Waals surface area contributed by atoms with Gasteiger partial charge >= 0.3 is 0 Å². The Hall–Kier alpha value is -1.02. The van der Waals surface area contributed by atoms with Crippen LogP contribution in [0, 0.1) is 0 Å². The third kappa shape index (κ3) is 7.01. The molecule has 25 heavy (non-hydrogen) atoms. The van der Waals surface area contributed by atoms with Crippen molar-refractivity contribution in [3.8, 4) is 5.75 Å². The monoisotopic (exact) mass is 460 g/mol. The van der Waals surface area contributed by atoms with E-state index >= 15 is 0 Å². The number of nitrogens with one attached hydrogen (secondary N) is 2. The molecule has 1 fully saturated rings. The zero-order valence-electron chi connectivity index (χ0n) is 15.9. The van der Waals surface area contributed by atoms with Gasteiger partial charge in [0, 0.05) is 19.6 Å². The maximum atomic E-state index is 5.36. The number of rotatable bonds is 6. The van der Waals surface area contributed by atoms with E-state index in [0.717, 1.165) is 18.3 Å². The number of hydrogen-bond acceptors (Lipinski definition) is 3. The standard InChI is InChI=1S/C19H32N4O.HI/c1-20-19(22-16-10-6-5-7-11-16)21-14-18(23(2)3)15-9-8-12-17(13-15)24-4;/h8-9,12-13,16,18H,5-7,10-11,14H2,1-4H3,(H2,20,21,22);1H. The van der Waals surface area contributed by atoms with Gasteiger partial charge in [-0.1, -0.05) is 31.4 Å². The average Bonchev–Trinajstić information content (AvgIpc) is 2.61. The normalized spacial score (nSPS) is 16.9. The third-order valence-corrected chi connectivity index (χ3v) is 4.73. The number of ether oxygens (including phenoxy) is 1. The van der Waals surface area contributed by atoms with Gasteiger partial charge in [0.05, 0.1) is 13.2 Å². The zero-order valence-corrected chi connectivity index (χ0v) is 18.2. The molecule has 2 rings (SSSR count). The highest BCUT2D eigenvalue weighted by molar-refractivity contribution is 14.0. The molecule has 0 bridgehead atoms.